The Hall–Kier alpha value is -2.88. The number of aromatic nitrogens is 1. The van der Waals surface area contributed by atoms with Crippen molar-refractivity contribution in [3.8, 4) is 17.0 Å². The van der Waals surface area contributed by atoms with E-state index in [0.717, 1.165) is 29.7 Å². The molecular formula is C21H21NO3. The van der Waals surface area contributed by atoms with Gasteiger partial charge in [0.05, 0.1) is 23.4 Å². The third-order valence-electron chi connectivity index (χ3n) is 4.09. The fourth-order valence-corrected chi connectivity index (χ4v) is 2.74. The SMILES string of the molecule is CCCCOc1cccc(-c2cc(C(=O)O)c3cc(C)ccc3n2)c1. The number of carboxylic acids is 1. The lowest BCUT2D eigenvalue weighted by atomic mass is 10.0. The van der Waals surface area contributed by atoms with Crippen molar-refractivity contribution in [3.63, 3.8) is 0 Å². The van der Waals surface area contributed by atoms with Gasteiger partial charge in [-0.05, 0) is 43.7 Å². The zero-order valence-corrected chi connectivity index (χ0v) is 14.5. The van der Waals surface area contributed by atoms with E-state index in [1.54, 1.807) is 6.07 Å². The average molecular weight is 335 g/mol. The van der Waals surface area contributed by atoms with E-state index in [4.69, 9.17) is 4.74 Å². The minimum absolute atomic E-state index is 0.265. The van der Waals surface area contributed by atoms with E-state index in [9.17, 15) is 9.90 Å². The molecule has 0 aliphatic heterocycles. The van der Waals surface area contributed by atoms with Crippen LogP contribution in [0.25, 0.3) is 22.2 Å². The molecule has 1 heterocycles. The number of pyridine rings is 1. The predicted molar refractivity (Wildman–Crippen MR) is 99.3 cm³/mol. The largest absolute Gasteiger partial charge is 0.494 e. The first kappa shape index (κ1) is 17.0. The third kappa shape index (κ3) is 3.79. The molecule has 0 unspecified atom stereocenters. The Morgan fingerprint density at radius 1 is 1.16 bits per heavy atom. The summed E-state index contributed by atoms with van der Waals surface area (Å²) < 4.78 is 5.75. The van der Waals surface area contributed by atoms with Crippen molar-refractivity contribution >= 4 is 16.9 Å². The Balaban J connectivity index is 2.05. The van der Waals surface area contributed by atoms with Gasteiger partial charge in [0, 0.05) is 10.9 Å². The quantitative estimate of drug-likeness (QED) is 0.638. The van der Waals surface area contributed by atoms with E-state index in [2.05, 4.69) is 11.9 Å². The summed E-state index contributed by atoms with van der Waals surface area (Å²) in [6.45, 7) is 4.73. The van der Waals surface area contributed by atoms with Gasteiger partial charge in [0.1, 0.15) is 5.75 Å². The Kier molecular flexibility index (Phi) is 4.98. The minimum atomic E-state index is -0.949. The number of nitrogens with zero attached hydrogens (tertiary/aromatic N) is 1. The first-order chi connectivity index (χ1) is 12.1. The molecule has 0 amide bonds. The highest BCUT2D eigenvalue weighted by Gasteiger charge is 2.13. The van der Waals surface area contributed by atoms with Gasteiger partial charge in [0.2, 0.25) is 0 Å². The van der Waals surface area contributed by atoms with E-state index in [1.165, 1.54) is 0 Å². The molecule has 4 heteroatoms. The van der Waals surface area contributed by atoms with Crippen LogP contribution in [0.4, 0.5) is 0 Å². The van der Waals surface area contributed by atoms with E-state index in [-0.39, 0.29) is 5.56 Å². The molecule has 0 fully saturated rings. The highest BCUT2D eigenvalue weighted by molar-refractivity contribution is 6.04. The summed E-state index contributed by atoms with van der Waals surface area (Å²) in [6.07, 6.45) is 2.08. The van der Waals surface area contributed by atoms with Gasteiger partial charge in [-0.25, -0.2) is 9.78 Å². The molecule has 128 valence electrons. The number of rotatable bonds is 6. The number of carboxylic acid groups (broad SMARTS) is 1. The summed E-state index contributed by atoms with van der Waals surface area (Å²) in [7, 11) is 0. The van der Waals surface area contributed by atoms with Crippen LogP contribution in [-0.2, 0) is 0 Å². The van der Waals surface area contributed by atoms with E-state index >= 15 is 0 Å². The zero-order valence-electron chi connectivity index (χ0n) is 14.5. The van der Waals surface area contributed by atoms with Crippen molar-refractivity contribution < 1.29 is 14.6 Å². The molecule has 0 atom stereocenters. The Morgan fingerprint density at radius 2 is 2.00 bits per heavy atom. The first-order valence-corrected chi connectivity index (χ1v) is 8.46. The summed E-state index contributed by atoms with van der Waals surface area (Å²) in [5.41, 5.74) is 3.43. The van der Waals surface area contributed by atoms with Crippen LogP contribution in [0.3, 0.4) is 0 Å². The van der Waals surface area contributed by atoms with Gasteiger partial charge < -0.3 is 9.84 Å². The van der Waals surface area contributed by atoms with Crippen molar-refractivity contribution in [3.05, 3.63) is 59.7 Å². The summed E-state index contributed by atoms with van der Waals surface area (Å²) in [4.78, 5) is 16.3. The lowest BCUT2D eigenvalue weighted by Gasteiger charge is -2.10. The number of benzene rings is 2. The molecule has 0 aliphatic rings. The van der Waals surface area contributed by atoms with Gasteiger partial charge in [-0.3, -0.25) is 0 Å². The molecule has 4 nitrogen and oxygen atoms in total. The number of aromatic carboxylic acids is 1. The van der Waals surface area contributed by atoms with Crippen LogP contribution in [0.2, 0.25) is 0 Å². The number of hydrogen-bond acceptors (Lipinski definition) is 3. The van der Waals surface area contributed by atoms with Crippen LogP contribution in [0.15, 0.2) is 48.5 Å². The van der Waals surface area contributed by atoms with Crippen LogP contribution in [-0.4, -0.2) is 22.7 Å². The van der Waals surface area contributed by atoms with Crippen LogP contribution < -0.4 is 4.74 Å². The lowest BCUT2D eigenvalue weighted by molar-refractivity contribution is 0.0699. The topological polar surface area (TPSA) is 59.4 Å². The van der Waals surface area contributed by atoms with Crippen LogP contribution in [0.5, 0.6) is 5.75 Å². The smallest absolute Gasteiger partial charge is 0.336 e. The number of aryl methyl sites for hydroxylation is 1. The Morgan fingerprint density at radius 3 is 2.76 bits per heavy atom. The summed E-state index contributed by atoms with van der Waals surface area (Å²) in [5.74, 6) is -0.178. The molecule has 25 heavy (non-hydrogen) atoms. The number of fused-ring (bicyclic) bond motifs is 1. The van der Waals surface area contributed by atoms with Gasteiger partial charge in [-0.2, -0.15) is 0 Å². The van der Waals surface area contributed by atoms with Gasteiger partial charge in [0.15, 0.2) is 0 Å². The highest BCUT2D eigenvalue weighted by Crippen LogP contribution is 2.28. The molecule has 0 saturated heterocycles. The monoisotopic (exact) mass is 335 g/mol. The van der Waals surface area contributed by atoms with Crippen LogP contribution in [0, 0.1) is 6.92 Å². The second kappa shape index (κ2) is 7.34. The number of hydrogen-bond donors (Lipinski definition) is 1. The molecule has 2 aromatic carbocycles. The molecule has 0 bridgehead atoms. The second-order valence-corrected chi connectivity index (χ2v) is 6.11. The molecule has 0 aliphatic carbocycles. The third-order valence-corrected chi connectivity index (χ3v) is 4.09. The molecule has 3 rings (SSSR count). The molecule has 0 saturated carbocycles. The summed E-state index contributed by atoms with van der Waals surface area (Å²) in [5, 5.41) is 10.2. The van der Waals surface area contributed by atoms with E-state index < -0.39 is 5.97 Å². The van der Waals surface area contributed by atoms with Crippen molar-refractivity contribution in [2.45, 2.75) is 26.7 Å². The number of carbonyl (C=O) groups is 1. The fraction of sp³-hybridized carbons (Fsp3) is 0.238. The van der Waals surface area contributed by atoms with Gasteiger partial charge in [-0.15, -0.1) is 0 Å². The molecular weight excluding hydrogens is 314 g/mol. The fourth-order valence-electron chi connectivity index (χ4n) is 2.74. The predicted octanol–water partition coefficient (Wildman–Crippen LogP) is 5.09. The van der Waals surface area contributed by atoms with Crippen LogP contribution in [0.1, 0.15) is 35.7 Å². The van der Waals surface area contributed by atoms with Gasteiger partial charge >= 0.3 is 5.97 Å². The van der Waals surface area contributed by atoms with E-state index in [0.29, 0.717) is 23.2 Å². The molecule has 1 N–H and O–H groups in total. The van der Waals surface area contributed by atoms with Crippen molar-refractivity contribution in [2.24, 2.45) is 0 Å². The van der Waals surface area contributed by atoms with Crippen molar-refractivity contribution in [2.75, 3.05) is 6.61 Å². The molecule has 3 aromatic rings. The summed E-state index contributed by atoms with van der Waals surface area (Å²) >= 11 is 0. The van der Waals surface area contributed by atoms with Crippen molar-refractivity contribution in [1.82, 2.24) is 4.98 Å². The minimum Gasteiger partial charge on any atom is -0.494 e. The zero-order chi connectivity index (χ0) is 17.8. The highest BCUT2D eigenvalue weighted by atomic mass is 16.5. The Bertz CT molecular complexity index is 918. The normalized spacial score (nSPS) is 10.8. The number of unbranched alkanes of at least 4 members (excludes halogenated alkanes) is 1. The van der Waals surface area contributed by atoms with Crippen molar-refractivity contribution in [1.29, 1.82) is 0 Å². The molecule has 0 radical (unpaired) electrons. The second-order valence-electron chi connectivity index (χ2n) is 6.11. The summed E-state index contributed by atoms with van der Waals surface area (Å²) in [6, 6.07) is 14.9. The standard InChI is InChI=1S/C21H21NO3/c1-3-4-10-25-16-7-5-6-15(12-16)20-13-18(21(23)24)17-11-14(2)8-9-19(17)22-20/h5-9,11-13H,3-4,10H2,1-2H3,(H,23,24). The maximum Gasteiger partial charge on any atom is 0.336 e. The Labute approximate surface area is 147 Å². The van der Waals surface area contributed by atoms with Gasteiger partial charge in [0.25, 0.3) is 0 Å². The maximum absolute atomic E-state index is 11.7. The first-order valence-electron chi connectivity index (χ1n) is 8.46. The maximum atomic E-state index is 11.7. The van der Waals surface area contributed by atoms with Crippen LogP contribution >= 0.6 is 0 Å². The van der Waals surface area contributed by atoms with Gasteiger partial charge in [-0.1, -0.05) is 37.1 Å². The average Bonchev–Trinajstić information content (AvgIpc) is 2.61. The lowest BCUT2D eigenvalue weighted by Crippen LogP contribution is -2.01. The number of ether oxygens (including phenoxy) is 1. The van der Waals surface area contributed by atoms with E-state index in [1.807, 2.05) is 49.4 Å². The molecule has 1 aromatic heterocycles. The molecule has 0 spiro atoms.